The van der Waals surface area contributed by atoms with E-state index in [1.54, 1.807) is 0 Å². The summed E-state index contributed by atoms with van der Waals surface area (Å²) in [6.45, 7) is 6.76. The lowest BCUT2D eigenvalue weighted by molar-refractivity contribution is -0.0825. The molecule has 0 N–H and O–H groups in total. The van der Waals surface area contributed by atoms with Crippen LogP contribution in [0.2, 0.25) is 0 Å². The summed E-state index contributed by atoms with van der Waals surface area (Å²) in [6, 6.07) is 0.822. The minimum absolute atomic E-state index is 0.417. The maximum Gasteiger partial charge on any atom is 0.0678 e. The van der Waals surface area contributed by atoms with E-state index in [0.717, 1.165) is 19.1 Å². The van der Waals surface area contributed by atoms with E-state index in [0.29, 0.717) is 12.2 Å². The maximum atomic E-state index is 5.90. The molecule has 2 fully saturated rings. The fraction of sp³-hybridized carbons (Fsp3) is 1.00. The highest BCUT2D eigenvalue weighted by atomic mass is 16.5. The van der Waals surface area contributed by atoms with Gasteiger partial charge in [0.25, 0.3) is 0 Å². The SMILES string of the molecule is CC1CN(C2CCCCCCCCCCC2)CC(C)O1. The first-order valence-electron chi connectivity index (χ1n) is 9.15. The van der Waals surface area contributed by atoms with E-state index < -0.39 is 0 Å². The average Bonchev–Trinajstić information content (AvgIpc) is 2.38. The Balaban J connectivity index is 1.84. The minimum atomic E-state index is 0.417. The van der Waals surface area contributed by atoms with Gasteiger partial charge in [0, 0.05) is 19.1 Å². The Labute approximate surface area is 126 Å². The van der Waals surface area contributed by atoms with Gasteiger partial charge in [0.15, 0.2) is 0 Å². The molecule has 2 aliphatic rings. The van der Waals surface area contributed by atoms with Crippen molar-refractivity contribution in [2.45, 2.75) is 103 Å². The highest BCUT2D eigenvalue weighted by Crippen LogP contribution is 2.23. The molecule has 0 radical (unpaired) electrons. The second-order valence-electron chi connectivity index (χ2n) is 7.12. The van der Waals surface area contributed by atoms with Crippen molar-refractivity contribution < 1.29 is 4.74 Å². The molecule has 0 aromatic carbocycles. The Morgan fingerprint density at radius 3 is 1.50 bits per heavy atom. The summed E-state index contributed by atoms with van der Waals surface area (Å²) in [5.41, 5.74) is 0. The predicted molar refractivity (Wildman–Crippen MR) is 86.2 cm³/mol. The van der Waals surface area contributed by atoms with Crippen molar-refractivity contribution in [2.75, 3.05) is 13.1 Å². The molecule has 0 aromatic rings. The molecule has 2 unspecified atom stereocenters. The standard InChI is InChI=1S/C18H35NO/c1-16-14-19(15-17(2)20-16)18-12-10-8-6-4-3-5-7-9-11-13-18/h16-18H,3-15H2,1-2H3. The monoisotopic (exact) mass is 281 g/mol. The van der Waals surface area contributed by atoms with Crippen molar-refractivity contribution in [3.8, 4) is 0 Å². The number of ether oxygens (including phenoxy) is 1. The lowest BCUT2D eigenvalue weighted by Crippen LogP contribution is -2.50. The zero-order valence-electron chi connectivity index (χ0n) is 13.8. The molecule has 2 rings (SSSR count). The molecule has 0 aromatic heterocycles. The average molecular weight is 281 g/mol. The first kappa shape index (κ1) is 16.3. The van der Waals surface area contributed by atoms with Crippen molar-refractivity contribution in [3.63, 3.8) is 0 Å². The number of nitrogens with zero attached hydrogens (tertiary/aromatic N) is 1. The molecule has 1 saturated carbocycles. The van der Waals surface area contributed by atoms with Crippen molar-refractivity contribution >= 4 is 0 Å². The van der Waals surface area contributed by atoms with Crippen LogP contribution in [0.5, 0.6) is 0 Å². The predicted octanol–water partition coefficient (Wildman–Crippen LogP) is 4.77. The maximum absolute atomic E-state index is 5.90. The summed E-state index contributed by atoms with van der Waals surface area (Å²) in [7, 11) is 0. The van der Waals surface area contributed by atoms with Crippen molar-refractivity contribution in [3.05, 3.63) is 0 Å². The quantitative estimate of drug-likeness (QED) is 0.686. The van der Waals surface area contributed by atoms with Crippen LogP contribution in [0.3, 0.4) is 0 Å². The van der Waals surface area contributed by atoms with Crippen LogP contribution in [0, 0.1) is 0 Å². The highest BCUT2D eigenvalue weighted by Gasteiger charge is 2.27. The third-order valence-corrected chi connectivity index (χ3v) is 5.04. The third kappa shape index (κ3) is 5.73. The number of hydrogen-bond donors (Lipinski definition) is 0. The Hall–Kier alpha value is -0.0800. The van der Waals surface area contributed by atoms with Gasteiger partial charge in [-0.05, 0) is 26.7 Å². The van der Waals surface area contributed by atoms with E-state index in [-0.39, 0.29) is 0 Å². The first-order valence-corrected chi connectivity index (χ1v) is 9.15. The molecule has 1 aliphatic heterocycles. The fourth-order valence-electron chi connectivity index (χ4n) is 4.02. The van der Waals surface area contributed by atoms with E-state index in [9.17, 15) is 0 Å². The summed E-state index contributed by atoms with van der Waals surface area (Å²) in [6.07, 6.45) is 16.8. The van der Waals surface area contributed by atoms with Gasteiger partial charge in [-0.15, -0.1) is 0 Å². The van der Waals surface area contributed by atoms with Crippen LogP contribution >= 0.6 is 0 Å². The second kappa shape index (κ2) is 9.04. The lowest BCUT2D eigenvalue weighted by atomic mass is 9.96. The zero-order chi connectivity index (χ0) is 14.2. The zero-order valence-corrected chi connectivity index (χ0v) is 13.8. The van der Waals surface area contributed by atoms with Gasteiger partial charge in [-0.25, -0.2) is 0 Å². The third-order valence-electron chi connectivity index (χ3n) is 5.04. The summed E-state index contributed by atoms with van der Waals surface area (Å²) in [5, 5.41) is 0. The van der Waals surface area contributed by atoms with Gasteiger partial charge in [0.1, 0.15) is 0 Å². The van der Waals surface area contributed by atoms with Crippen LogP contribution in [-0.4, -0.2) is 36.2 Å². The van der Waals surface area contributed by atoms with Crippen LogP contribution in [0.1, 0.15) is 84.5 Å². The first-order chi connectivity index (χ1) is 9.75. The van der Waals surface area contributed by atoms with Crippen molar-refractivity contribution in [1.29, 1.82) is 0 Å². The minimum Gasteiger partial charge on any atom is -0.373 e. The normalized spacial score (nSPS) is 33.3. The van der Waals surface area contributed by atoms with Crippen LogP contribution < -0.4 is 0 Å². The number of rotatable bonds is 1. The van der Waals surface area contributed by atoms with Gasteiger partial charge >= 0.3 is 0 Å². The Bertz CT molecular complexity index is 234. The summed E-state index contributed by atoms with van der Waals surface area (Å²) < 4.78 is 5.90. The van der Waals surface area contributed by atoms with Gasteiger partial charge in [-0.3, -0.25) is 4.90 Å². The molecule has 0 spiro atoms. The van der Waals surface area contributed by atoms with E-state index in [1.807, 2.05) is 0 Å². The topological polar surface area (TPSA) is 12.5 Å². The van der Waals surface area contributed by atoms with Crippen LogP contribution in [-0.2, 0) is 4.74 Å². The number of hydrogen-bond acceptors (Lipinski definition) is 2. The fourth-order valence-corrected chi connectivity index (χ4v) is 4.02. The molecule has 2 heteroatoms. The van der Waals surface area contributed by atoms with E-state index in [4.69, 9.17) is 4.74 Å². The van der Waals surface area contributed by atoms with Crippen LogP contribution in [0.4, 0.5) is 0 Å². The molecule has 0 bridgehead atoms. The van der Waals surface area contributed by atoms with Gasteiger partial charge < -0.3 is 4.74 Å². The summed E-state index contributed by atoms with van der Waals surface area (Å²) in [4.78, 5) is 2.74. The summed E-state index contributed by atoms with van der Waals surface area (Å²) >= 11 is 0. The largest absolute Gasteiger partial charge is 0.373 e. The second-order valence-corrected chi connectivity index (χ2v) is 7.12. The number of morpholine rings is 1. The van der Waals surface area contributed by atoms with E-state index in [1.165, 1.54) is 70.6 Å². The van der Waals surface area contributed by atoms with Crippen molar-refractivity contribution in [1.82, 2.24) is 4.90 Å². The van der Waals surface area contributed by atoms with Crippen LogP contribution in [0.25, 0.3) is 0 Å². The van der Waals surface area contributed by atoms with E-state index in [2.05, 4.69) is 18.7 Å². The molecule has 1 aliphatic carbocycles. The Morgan fingerprint density at radius 1 is 0.650 bits per heavy atom. The smallest absolute Gasteiger partial charge is 0.0678 e. The van der Waals surface area contributed by atoms with Crippen LogP contribution in [0.15, 0.2) is 0 Å². The molecule has 1 saturated heterocycles. The van der Waals surface area contributed by atoms with Gasteiger partial charge in [0.05, 0.1) is 12.2 Å². The molecule has 20 heavy (non-hydrogen) atoms. The van der Waals surface area contributed by atoms with Gasteiger partial charge in [-0.2, -0.15) is 0 Å². The van der Waals surface area contributed by atoms with Crippen molar-refractivity contribution in [2.24, 2.45) is 0 Å². The molecule has 1 heterocycles. The van der Waals surface area contributed by atoms with Gasteiger partial charge in [-0.1, -0.05) is 57.8 Å². The molecular weight excluding hydrogens is 246 g/mol. The molecular formula is C18H35NO. The molecule has 2 atom stereocenters. The Morgan fingerprint density at radius 2 is 1.05 bits per heavy atom. The molecule has 0 amide bonds. The van der Waals surface area contributed by atoms with E-state index >= 15 is 0 Å². The molecule has 118 valence electrons. The summed E-state index contributed by atoms with van der Waals surface area (Å²) in [5.74, 6) is 0. The lowest BCUT2D eigenvalue weighted by Gasteiger charge is -2.40. The highest BCUT2D eigenvalue weighted by molar-refractivity contribution is 4.80. The van der Waals surface area contributed by atoms with Gasteiger partial charge in [0.2, 0.25) is 0 Å². The molecule has 2 nitrogen and oxygen atoms in total. The Kier molecular flexibility index (Phi) is 7.37.